The third-order valence-electron chi connectivity index (χ3n) is 14.0. The first-order valence-corrected chi connectivity index (χ1v) is 24.0. The molecule has 4 aliphatic carbocycles. The standard InChI is InChI=1S/C39H63NO7SSi/c1-10-28-32-22-26(41)16-19-39(32,6)31-17-20-38(5)29(12-13-30(38)34(31)35(28)47-49(7,8)9)24(2)23-45-36(42)40-48(43,44)27-11-14-33-25(21-27)15-18-37(3,4)46-33/h11,14,21,24,26,28-32,34-35,41H,10,12-13,15-20,22-23H2,1-9H3,(H,40,42)/t24-,26-,28-,29-,30+,31+,32+,34+,35-,38-,39-/m1/s1. The summed E-state index contributed by atoms with van der Waals surface area (Å²) in [5.74, 6) is 3.73. The van der Waals surface area contributed by atoms with Crippen LogP contribution in [-0.4, -0.2) is 52.4 Å². The van der Waals surface area contributed by atoms with E-state index in [0.717, 1.165) is 56.9 Å². The Labute approximate surface area is 297 Å². The highest BCUT2D eigenvalue weighted by Gasteiger charge is 2.65. The summed E-state index contributed by atoms with van der Waals surface area (Å²) in [6.07, 6.45) is 9.14. The molecular weight excluding hydrogens is 655 g/mol. The van der Waals surface area contributed by atoms with Gasteiger partial charge < -0.3 is 19.0 Å². The van der Waals surface area contributed by atoms with E-state index in [-0.39, 0.29) is 46.1 Å². The molecular formula is C39H63NO7SSi. The van der Waals surface area contributed by atoms with Crippen molar-refractivity contribution in [1.82, 2.24) is 4.72 Å². The number of benzene rings is 1. The Kier molecular flexibility index (Phi) is 9.93. The largest absolute Gasteiger partial charge is 0.488 e. The molecule has 0 radical (unpaired) electrons. The van der Waals surface area contributed by atoms with Gasteiger partial charge in [-0.1, -0.05) is 34.1 Å². The summed E-state index contributed by atoms with van der Waals surface area (Å²) in [5.41, 5.74) is 0.863. The number of sulfonamides is 1. The van der Waals surface area contributed by atoms with Crippen molar-refractivity contribution in [2.75, 3.05) is 6.61 Å². The summed E-state index contributed by atoms with van der Waals surface area (Å²) >= 11 is 0. The Morgan fingerprint density at radius 3 is 2.41 bits per heavy atom. The van der Waals surface area contributed by atoms with Crippen LogP contribution < -0.4 is 9.46 Å². The number of hydrogen-bond donors (Lipinski definition) is 2. The van der Waals surface area contributed by atoms with Gasteiger partial charge in [0.15, 0.2) is 8.32 Å². The molecule has 1 heterocycles. The highest BCUT2D eigenvalue weighted by molar-refractivity contribution is 7.90. The molecule has 0 aromatic heterocycles. The highest BCUT2D eigenvalue weighted by Crippen LogP contribution is 2.70. The highest BCUT2D eigenvalue weighted by atomic mass is 32.2. The average molecular weight is 718 g/mol. The number of fused-ring (bicyclic) bond motifs is 6. The van der Waals surface area contributed by atoms with Crippen LogP contribution in [0.25, 0.3) is 0 Å². The molecule has 0 spiro atoms. The van der Waals surface area contributed by atoms with E-state index in [0.29, 0.717) is 47.7 Å². The summed E-state index contributed by atoms with van der Waals surface area (Å²) in [6.45, 7) is 20.7. The molecule has 1 aromatic carbocycles. The SMILES string of the molecule is CC[C@H]1[C@@H](O[Si](C)(C)C)[C@@H]2[C@H](CC[C@]3(C)[C@@H]([C@H](C)COC(=O)NS(=O)(=O)c4ccc5c(c4)CCC(C)(C)O5)CC[C@@H]23)[C@@]2(C)CC[C@@H](O)C[C@@H]12. The van der Waals surface area contributed by atoms with Crippen LogP contribution in [0, 0.1) is 52.3 Å². The fourth-order valence-electron chi connectivity index (χ4n) is 11.8. The van der Waals surface area contributed by atoms with Crippen molar-refractivity contribution in [2.24, 2.45) is 52.3 Å². The second kappa shape index (κ2) is 13.1. The third kappa shape index (κ3) is 6.98. The quantitative estimate of drug-likeness (QED) is 0.260. The zero-order chi connectivity index (χ0) is 35.7. The van der Waals surface area contributed by atoms with Crippen LogP contribution in [0.15, 0.2) is 23.1 Å². The van der Waals surface area contributed by atoms with Crippen LogP contribution >= 0.6 is 0 Å². The van der Waals surface area contributed by atoms with Gasteiger partial charge >= 0.3 is 6.09 Å². The van der Waals surface area contributed by atoms with E-state index in [4.69, 9.17) is 13.9 Å². The second-order valence-corrected chi connectivity index (χ2v) is 24.8. The maximum Gasteiger partial charge on any atom is 0.421 e. The van der Waals surface area contributed by atoms with Gasteiger partial charge in [-0.3, -0.25) is 0 Å². The number of aliphatic hydroxyl groups is 1. The van der Waals surface area contributed by atoms with E-state index in [1.807, 2.05) is 13.8 Å². The van der Waals surface area contributed by atoms with Crippen LogP contribution in [0.3, 0.4) is 0 Å². The summed E-state index contributed by atoms with van der Waals surface area (Å²) < 4.78 is 47.4. The first kappa shape index (κ1) is 37.1. The first-order chi connectivity index (χ1) is 22.8. The first-order valence-electron chi connectivity index (χ1n) is 19.2. The van der Waals surface area contributed by atoms with Gasteiger partial charge in [-0.25, -0.2) is 17.9 Å². The van der Waals surface area contributed by atoms with E-state index in [1.54, 1.807) is 12.1 Å². The predicted molar refractivity (Wildman–Crippen MR) is 194 cm³/mol. The van der Waals surface area contributed by atoms with Crippen molar-refractivity contribution in [3.8, 4) is 5.75 Å². The van der Waals surface area contributed by atoms with E-state index in [9.17, 15) is 18.3 Å². The molecule has 8 nitrogen and oxygen atoms in total. The molecule has 11 atom stereocenters. The van der Waals surface area contributed by atoms with E-state index in [1.165, 1.54) is 12.5 Å². The number of hydrogen-bond acceptors (Lipinski definition) is 7. The van der Waals surface area contributed by atoms with Gasteiger partial charge in [0.05, 0.1) is 23.7 Å². The van der Waals surface area contributed by atoms with E-state index >= 15 is 0 Å². The molecule has 0 saturated heterocycles. The molecule has 0 unspecified atom stereocenters. The average Bonchev–Trinajstić information content (AvgIpc) is 3.36. The molecule has 1 amide bonds. The second-order valence-electron chi connectivity index (χ2n) is 18.6. The molecule has 0 bridgehead atoms. The molecule has 49 heavy (non-hydrogen) atoms. The van der Waals surface area contributed by atoms with E-state index in [2.05, 4.69) is 52.1 Å². The summed E-state index contributed by atoms with van der Waals surface area (Å²) in [6, 6.07) is 4.76. The lowest BCUT2D eigenvalue weighted by molar-refractivity contribution is -0.198. The Morgan fingerprint density at radius 2 is 1.71 bits per heavy atom. The van der Waals surface area contributed by atoms with Gasteiger partial charge in [-0.15, -0.1) is 0 Å². The Bertz CT molecular complexity index is 1510. The minimum Gasteiger partial charge on any atom is -0.488 e. The van der Waals surface area contributed by atoms with Gasteiger partial charge in [-0.05, 0) is 167 Å². The molecule has 6 rings (SSSR count). The van der Waals surface area contributed by atoms with Crippen molar-refractivity contribution < 1.29 is 32.2 Å². The maximum atomic E-state index is 13.2. The molecule has 1 aliphatic heterocycles. The molecule has 4 fully saturated rings. The van der Waals surface area contributed by atoms with Crippen molar-refractivity contribution >= 4 is 24.4 Å². The zero-order valence-electron chi connectivity index (χ0n) is 31.5. The van der Waals surface area contributed by atoms with E-state index < -0.39 is 24.4 Å². The van der Waals surface area contributed by atoms with Gasteiger partial charge in [0.25, 0.3) is 10.0 Å². The fourth-order valence-corrected chi connectivity index (χ4v) is 13.9. The van der Waals surface area contributed by atoms with Gasteiger partial charge in [-0.2, -0.15) is 0 Å². The number of carbonyl (C=O) groups is 1. The number of rotatable bonds is 8. The third-order valence-corrected chi connectivity index (χ3v) is 16.3. The number of aryl methyl sites for hydroxylation is 1. The molecule has 10 heteroatoms. The molecule has 276 valence electrons. The van der Waals surface area contributed by atoms with Gasteiger partial charge in [0, 0.05) is 0 Å². The zero-order valence-corrected chi connectivity index (χ0v) is 33.3. The van der Waals surface area contributed by atoms with Crippen molar-refractivity contribution in [2.45, 2.75) is 148 Å². The lowest BCUT2D eigenvalue weighted by atomic mass is 9.41. The van der Waals surface area contributed by atoms with Crippen molar-refractivity contribution in [3.05, 3.63) is 23.8 Å². The number of nitrogens with one attached hydrogen (secondary N) is 1. The molecule has 2 N–H and O–H groups in total. The molecule has 1 aromatic rings. The topological polar surface area (TPSA) is 111 Å². The monoisotopic (exact) mass is 717 g/mol. The summed E-state index contributed by atoms with van der Waals surface area (Å²) in [7, 11) is -5.94. The molecule has 4 saturated carbocycles. The number of aliphatic hydroxyl groups excluding tert-OH is 1. The Balaban J connectivity index is 1.15. The smallest absolute Gasteiger partial charge is 0.421 e. The normalized spacial score (nSPS) is 39.0. The van der Waals surface area contributed by atoms with Crippen LogP contribution in [0.2, 0.25) is 19.6 Å². The number of amides is 1. The maximum absolute atomic E-state index is 13.2. The van der Waals surface area contributed by atoms with Crippen LogP contribution in [0.4, 0.5) is 4.79 Å². The van der Waals surface area contributed by atoms with Crippen molar-refractivity contribution in [1.29, 1.82) is 0 Å². The van der Waals surface area contributed by atoms with Crippen LogP contribution in [-0.2, 0) is 25.6 Å². The lowest BCUT2D eigenvalue weighted by Crippen LogP contribution is -2.63. The minimum atomic E-state index is -4.09. The number of ether oxygens (including phenoxy) is 2. The van der Waals surface area contributed by atoms with Crippen LogP contribution in [0.5, 0.6) is 5.75 Å². The lowest BCUT2D eigenvalue weighted by Gasteiger charge is -2.66. The Hall–Kier alpha value is -1.62. The molecule has 5 aliphatic rings. The summed E-state index contributed by atoms with van der Waals surface area (Å²) in [4.78, 5) is 13.0. The van der Waals surface area contributed by atoms with Crippen molar-refractivity contribution in [3.63, 3.8) is 0 Å². The van der Waals surface area contributed by atoms with Gasteiger partial charge in [0.1, 0.15) is 11.4 Å². The Morgan fingerprint density at radius 1 is 1.02 bits per heavy atom. The van der Waals surface area contributed by atoms with Gasteiger partial charge in [0.2, 0.25) is 0 Å². The fraction of sp³-hybridized carbons (Fsp3) is 0.821. The minimum absolute atomic E-state index is 0.0406. The predicted octanol–water partition coefficient (Wildman–Crippen LogP) is 8.33. The van der Waals surface area contributed by atoms with Crippen LogP contribution in [0.1, 0.15) is 105 Å². The summed E-state index contributed by atoms with van der Waals surface area (Å²) in [5, 5.41) is 10.8. The number of carbonyl (C=O) groups excluding carboxylic acids is 1.